The molecular formula is C16H21ClN4O4. The molecule has 1 fully saturated rings. The van der Waals surface area contributed by atoms with Crippen molar-refractivity contribution in [1.29, 1.82) is 0 Å². The van der Waals surface area contributed by atoms with Crippen molar-refractivity contribution in [3.63, 3.8) is 0 Å². The number of halogens is 1. The second kappa shape index (κ2) is 8.26. The van der Waals surface area contributed by atoms with Gasteiger partial charge in [0.05, 0.1) is 22.1 Å². The number of hydrogen-bond donors (Lipinski definition) is 1. The van der Waals surface area contributed by atoms with Crippen LogP contribution in [0.4, 0.5) is 5.69 Å². The molecule has 2 amide bonds. The second-order valence-electron chi connectivity index (χ2n) is 6.21. The number of benzene rings is 1. The van der Waals surface area contributed by atoms with E-state index >= 15 is 0 Å². The number of amides is 2. The predicted molar refractivity (Wildman–Crippen MR) is 93.7 cm³/mol. The zero-order valence-electron chi connectivity index (χ0n) is 14.2. The Kier molecular flexibility index (Phi) is 6.33. The van der Waals surface area contributed by atoms with E-state index in [1.54, 1.807) is 4.90 Å². The Morgan fingerprint density at radius 1 is 1.28 bits per heavy atom. The van der Waals surface area contributed by atoms with Gasteiger partial charge in [-0.1, -0.05) is 11.6 Å². The SMILES string of the molecule is CC(C)NC(=O)CN1CCN(C(=O)c2ccc([N+](=O)[O-])cc2Cl)CC1. The van der Waals surface area contributed by atoms with Gasteiger partial charge in [0.1, 0.15) is 0 Å². The topological polar surface area (TPSA) is 95.8 Å². The molecule has 2 rings (SSSR count). The van der Waals surface area contributed by atoms with Crippen molar-refractivity contribution < 1.29 is 14.5 Å². The van der Waals surface area contributed by atoms with Crippen LogP contribution < -0.4 is 5.32 Å². The highest BCUT2D eigenvalue weighted by Gasteiger charge is 2.25. The minimum absolute atomic E-state index is 0.0341. The van der Waals surface area contributed by atoms with E-state index < -0.39 is 4.92 Å². The van der Waals surface area contributed by atoms with Crippen molar-refractivity contribution >= 4 is 29.1 Å². The van der Waals surface area contributed by atoms with Crippen molar-refractivity contribution in [1.82, 2.24) is 15.1 Å². The Morgan fingerprint density at radius 2 is 1.92 bits per heavy atom. The maximum Gasteiger partial charge on any atom is 0.270 e. The molecule has 0 saturated carbocycles. The van der Waals surface area contributed by atoms with Crippen molar-refractivity contribution in [2.75, 3.05) is 32.7 Å². The van der Waals surface area contributed by atoms with Crippen molar-refractivity contribution in [3.8, 4) is 0 Å². The van der Waals surface area contributed by atoms with Crippen LogP contribution in [0.1, 0.15) is 24.2 Å². The minimum Gasteiger partial charge on any atom is -0.353 e. The van der Waals surface area contributed by atoms with Gasteiger partial charge in [-0.3, -0.25) is 24.6 Å². The summed E-state index contributed by atoms with van der Waals surface area (Å²) in [6, 6.07) is 3.93. The summed E-state index contributed by atoms with van der Waals surface area (Å²) in [6.45, 7) is 6.23. The van der Waals surface area contributed by atoms with Crippen LogP contribution in [0.25, 0.3) is 0 Å². The first-order valence-corrected chi connectivity index (χ1v) is 8.40. The van der Waals surface area contributed by atoms with E-state index in [2.05, 4.69) is 5.32 Å². The summed E-state index contributed by atoms with van der Waals surface area (Å²) in [5, 5.41) is 13.6. The third-order valence-electron chi connectivity index (χ3n) is 3.87. The first-order chi connectivity index (χ1) is 11.8. The van der Waals surface area contributed by atoms with Crippen molar-refractivity contribution in [3.05, 3.63) is 38.9 Å². The fraction of sp³-hybridized carbons (Fsp3) is 0.500. The Labute approximate surface area is 150 Å². The standard InChI is InChI=1S/C16H21ClN4O4/c1-11(2)18-15(22)10-19-5-7-20(8-6-19)16(23)13-4-3-12(21(24)25)9-14(13)17/h3-4,9,11H,5-8,10H2,1-2H3,(H,18,22). The fourth-order valence-electron chi connectivity index (χ4n) is 2.64. The molecule has 0 unspecified atom stereocenters. The normalized spacial score (nSPS) is 15.3. The molecule has 9 heteroatoms. The molecule has 1 saturated heterocycles. The lowest BCUT2D eigenvalue weighted by Gasteiger charge is -2.34. The van der Waals surface area contributed by atoms with Gasteiger partial charge in [0.2, 0.25) is 5.91 Å². The molecular weight excluding hydrogens is 348 g/mol. The van der Waals surface area contributed by atoms with Gasteiger partial charge in [0.25, 0.3) is 11.6 Å². The van der Waals surface area contributed by atoms with Gasteiger partial charge in [-0.15, -0.1) is 0 Å². The largest absolute Gasteiger partial charge is 0.353 e. The van der Waals surface area contributed by atoms with Crippen LogP contribution in [-0.2, 0) is 4.79 Å². The van der Waals surface area contributed by atoms with E-state index in [1.165, 1.54) is 18.2 Å². The highest BCUT2D eigenvalue weighted by Crippen LogP contribution is 2.24. The monoisotopic (exact) mass is 368 g/mol. The molecule has 0 aromatic heterocycles. The molecule has 0 radical (unpaired) electrons. The van der Waals surface area contributed by atoms with Gasteiger partial charge in [0.15, 0.2) is 0 Å². The zero-order valence-corrected chi connectivity index (χ0v) is 15.0. The highest BCUT2D eigenvalue weighted by molar-refractivity contribution is 6.34. The average molecular weight is 369 g/mol. The summed E-state index contributed by atoms with van der Waals surface area (Å²) in [4.78, 5) is 38.1. The predicted octanol–water partition coefficient (Wildman–Crippen LogP) is 1.53. The van der Waals surface area contributed by atoms with Gasteiger partial charge in [-0.2, -0.15) is 0 Å². The molecule has 0 bridgehead atoms. The van der Waals surface area contributed by atoms with E-state index in [0.717, 1.165) is 0 Å². The number of non-ortho nitro benzene ring substituents is 1. The Hall–Kier alpha value is -2.19. The molecule has 0 atom stereocenters. The van der Waals surface area contributed by atoms with Gasteiger partial charge >= 0.3 is 0 Å². The smallest absolute Gasteiger partial charge is 0.270 e. The van der Waals surface area contributed by atoms with Crippen LogP contribution in [0.5, 0.6) is 0 Å². The molecule has 1 aromatic carbocycles. The molecule has 0 aliphatic carbocycles. The summed E-state index contributed by atoms with van der Waals surface area (Å²) in [6.07, 6.45) is 0. The third kappa shape index (κ3) is 5.14. The number of nitro benzene ring substituents is 1. The lowest BCUT2D eigenvalue weighted by molar-refractivity contribution is -0.384. The van der Waals surface area contributed by atoms with Crippen molar-refractivity contribution in [2.45, 2.75) is 19.9 Å². The van der Waals surface area contributed by atoms with Gasteiger partial charge in [-0.05, 0) is 19.9 Å². The van der Waals surface area contributed by atoms with Crippen LogP contribution in [0, 0.1) is 10.1 Å². The first-order valence-electron chi connectivity index (χ1n) is 8.03. The number of nitro groups is 1. The fourth-order valence-corrected chi connectivity index (χ4v) is 2.90. The summed E-state index contributed by atoms with van der Waals surface area (Å²) in [5.41, 5.74) is 0.0980. The highest BCUT2D eigenvalue weighted by atomic mass is 35.5. The van der Waals surface area contributed by atoms with E-state index in [4.69, 9.17) is 11.6 Å². The van der Waals surface area contributed by atoms with Crippen molar-refractivity contribution in [2.24, 2.45) is 0 Å². The number of carbonyl (C=O) groups is 2. The average Bonchev–Trinajstić information content (AvgIpc) is 2.54. The zero-order chi connectivity index (χ0) is 18.6. The summed E-state index contributed by atoms with van der Waals surface area (Å²) < 4.78 is 0. The van der Waals surface area contributed by atoms with Gasteiger partial charge in [-0.25, -0.2) is 0 Å². The lowest BCUT2D eigenvalue weighted by Crippen LogP contribution is -2.51. The molecule has 1 heterocycles. The molecule has 1 aliphatic heterocycles. The molecule has 136 valence electrons. The number of nitrogens with one attached hydrogen (secondary N) is 1. The maximum atomic E-state index is 12.5. The summed E-state index contributed by atoms with van der Waals surface area (Å²) in [5.74, 6) is -0.292. The quantitative estimate of drug-likeness (QED) is 0.628. The molecule has 1 aromatic rings. The van der Waals surface area contributed by atoms with E-state index in [1.807, 2.05) is 18.7 Å². The summed E-state index contributed by atoms with van der Waals surface area (Å²) in [7, 11) is 0. The molecule has 0 spiro atoms. The lowest BCUT2D eigenvalue weighted by atomic mass is 10.1. The van der Waals surface area contributed by atoms with Gasteiger partial charge < -0.3 is 10.2 Å². The number of carbonyl (C=O) groups excluding carboxylic acids is 2. The van der Waals surface area contributed by atoms with Crippen LogP contribution in [0.3, 0.4) is 0 Å². The number of hydrogen-bond acceptors (Lipinski definition) is 5. The number of piperazine rings is 1. The molecule has 8 nitrogen and oxygen atoms in total. The van der Waals surface area contributed by atoms with E-state index in [9.17, 15) is 19.7 Å². The maximum absolute atomic E-state index is 12.5. The van der Waals surface area contributed by atoms with Crippen LogP contribution in [-0.4, -0.2) is 65.3 Å². The van der Waals surface area contributed by atoms with Crippen LogP contribution >= 0.6 is 11.6 Å². The van der Waals surface area contributed by atoms with Crippen LogP contribution in [0.15, 0.2) is 18.2 Å². The molecule has 1 N–H and O–H groups in total. The second-order valence-corrected chi connectivity index (χ2v) is 6.62. The number of nitrogens with zero attached hydrogens (tertiary/aromatic N) is 3. The third-order valence-corrected chi connectivity index (χ3v) is 4.18. The van der Waals surface area contributed by atoms with Crippen LogP contribution in [0.2, 0.25) is 5.02 Å². The molecule has 25 heavy (non-hydrogen) atoms. The van der Waals surface area contributed by atoms with E-state index in [0.29, 0.717) is 32.7 Å². The molecule has 1 aliphatic rings. The number of rotatable bonds is 5. The Morgan fingerprint density at radius 3 is 2.44 bits per heavy atom. The first kappa shape index (κ1) is 19.1. The Bertz CT molecular complexity index is 672. The van der Waals surface area contributed by atoms with E-state index in [-0.39, 0.29) is 34.1 Å². The minimum atomic E-state index is -0.554. The Balaban J connectivity index is 1.93. The summed E-state index contributed by atoms with van der Waals surface area (Å²) >= 11 is 6.02. The van der Waals surface area contributed by atoms with Gasteiger partial charge in [0, 0.05) is 44.4 Å².